The van der Waals surface area contributed by atoms with E-state index in [4.69, 9.17) is 0 Å². The summed E-state index contributed by atoms with van der Waals surface area (Å²) in [6, 6.07) is 16.6. The molecule has 0 aromatic heterocycles. The molecule has 2 aromatic carbocycles. The molecule has 0 fully saturated rings. The summed E-state index contributed by atoms with van der Waals surface area (Å²) in [5, 5.41) is 9.42. The van der Waals surface area contributed by atoms with Crippen molar-refractivity contribution in [3.63, 3.8) is 0 Å². The fraction of sp³-hybridized carbons (Fsp3) is 0.250. The monoisotopic (exact) mass is 244 g/mol. The molecule has 0 radical (unpaired) electrons. The van der Waals surface area contributed by atoms with Crippen LogP contribution in [-0.2, 0) is 12.8 Å². The molecule has 18 heavy (non-hydrogen) atoms. The predicted octanol–water partition coefficient (Wildman–Crippen LogP) is 3.22. The van der Waals surface area contributed by atoms with Crippen molar-refractivity contribution in [2.45, 2.75) is 12.8 Å². The Balaban J connectivity index is 2.01. The van der Waals surface area contributed by atoms with Gasteiger partial charge in [-0.2, -0.15) is 0 Å². The van der Waals surface area contributed by atoms with Crippen LogP contribution in [-0.4, -0.2) is 11.7 Å². The molecule has 1 nitrogen and oxygen atoms in total. The zero-order valence-electron chi connectivity index (χ0n) is 10.2. The Morgan fingerprint density at radius 1 is 0.889 bits per heavy atom. The third-order valence-electron chi connectivity index (χ3n) is 3.04. The van der Waals surface area contributed by atoms with Crippen molar-refractivity contribution in [1.82, 2.24) is 0 Å². The minimum absolute atomic E-state index is 0.116. The SMILES string of the molecule is OCC(Cc1ccccc1)Cc1cccc(F)c1. The van der Waals surface area contributed by atoms with Gasteiger partial charge in [0.15, 0.2) is 0 Å². The summed E-state index contributed by atoms with van der Waals surface area (Å²) in [6.45, 7) is 0.116. The quantitative estimate of drug-likeness (QED) is 0.856. The Morgan fingerprint density at radius 3 is 2.22 bits per heavy atom. The maximum atomic E-state index is 13.1. The molecule has 0 aliphatic carbocycles. The summed E-state index contributed by atoms with van der Waals surface area (Å²) in [7, 11) is 0. The van der Waals surface area contributed by atoms with E-state index in [1.165, 1.54) is 17.7 Å². The van der Waals surface area contributed by atoms with Crippen molar-refractivity contribution in [2.24, 2.45) is 5.92 Å². The van der Waals surface area contributed by atoms with Crippen molar-refractivity contribution in [1.29, 1.82) is 0 Å². The van der Waals surface area contributed by atoms with Crippen molar-refractivity contribution in [3.05, 3.63) is 71.5 Å². The molecule has 0 spiro atoms. The predicted molar refractivity (Wildman–Crippen MR) is 70.8 cm³/mol. The minimum Gasteiger partial charge on any atom is -0.396 e. The van der Waals surface area contributed by atoms with E-state index >= 15 is 0 Å². The van der Waals surface area contributed by atoms with Gasteiger partial charge < -0.3 is 5.11 Å². The van der Waals surface area contributed by atoms with Crippen LogP contribution in [0.4, 0.5) is 4.39 Å². The second kappa shape index (κ2) is 6.31. The molecule has 2 rings (SSSR count). The summed E-state index contributed by atoms with van der Waals surface area (Å²) >= 11 is 0. The topological polar surface area (TPSA) is 20.2 Å². The van der Waals surface area contributed by atoms with Crippen molar-refractivity contribution >= 4 is 0 Å². The fourth-order valence-corrected chi connectivity index (χ4v) is 2.15. The van der Waals surface area contributed by atoms with Crippen LogP contribution in [0.3, 0.4) is 0 Å². The van der Waals surface area contributed by atoms with Crippen molar-refractivity contribution in [3.8, 4) is 0 Å². The van der Waals surface area contributed by atoms with E-state index in [1.54, 1.807) is 6.07 Å². The van der Waals surface area contributed by atoms with Crippen molar-refractivity contribution in [2.75, 3.05) is 6.61 Å². The highest BCUT2D eigenvalue weighted by molar-refractivity contribution is 5.19. The van der Waals surface area contributed by atoms with E-state index in [9.17, 15) is 9.50 Å². The first-order chi connectivity index (χ1) is 8.78. The Hall–Kier alpha value is -1.67. The van der Waals surface area contributed by atoms with Crippen molar-refractivity contribution < 1.29 is 9.50 Å². The van der Waals surface area contributed by atoms with E-state index in [0.717, 1.165) is 12.0 Å². The minimum atomic E-state index is -0.219. The van der Waals surface area contributed by atoms with Gasteiger partial charge in [0, 0.05) is 6.61 Å². The number of benzene rings is 2. The maximum Gasteiger partial charge on any atom is 0.123 e. The highest BCUT2D eigenvalue weighted by Gasteiger charge is 2.10. The Morgan fingerprint density at radius 2 is 1.56 bits per heavy atom. The first-order valence-corrected chi connectivity index (χ1v) is 6.17. The van der Waals surface area contributed by atoms with E-state index in [0.29, 0.717) is 6.42 Å². The van der Waals surface area contributed by atoms with Gasteiger partial charge in [0.2, 0.25) is 0 Å². The smallest absolute Gasteiger partial charge is 0.123 e. The molecule has 0 aliphatic rings. The first-order valence-electron chi connectivity index (χ1n) is 6.17. The summed E-state index contributed by atoms with van der Waals surface area (Å²) in [6.07, 6.45) is 1.51. The van der Waals surface area contributed by atoms with Crippen LogP contribution in [0.1, 0.15) is 11.1 Å². The lowest BCUT2D eigenvalue weighted by molar-refractivity contribution is 0.225. The van der Waals surface area contributed by atoms with Gasteiger partial charge >= 0.3 is 0 Å². The number of aliphatic hydroxyl groups is 1. The van der Waals surface area contributed by atoms with Gasteiger partial charge in [-0.25, -0.2) is 4.39 Å². The Labute approximate surface area is 107 Å². The molecular weight excluding hydrogens is 227 g/mol. The number of hydrogen-bond donors (Lipinski definition) is 1. The Kier molecular flexibility index (Phi) is 4.48. The molecule has 1 atom stereocenters. The molecule has 1 unspecified atom stereocenters. The lowest BCUT2D eigenvalue weighted by Gasteiger charge is -2.14. The maximum absolute atomic E-state index is 13.1. The van der Waals surface area contributed by atoms with Gasteiger partial charge in [0.25, 0.3) is 0 Å². The van der Waals surface area contributed by atoms with Gasteiger partial charge in [-0.1, -0.05) is 42.5 Å². The molecule has 0 saturated carbocycles. The third kappa shape index (κ3) is 3.67. The molecule has 2 aromatic rings. The fourth-order valence-electron chi connectivity index (χ4n) is 2.15. The summed E-state index contributed by atoms with van der Waals surface area (Å²) < 4.78 is 13.1. The van der Waals surface area contributed by atoms with Crippen LogP contribution in [0, 0.1) is 11.7 Å². The van der Waals surface area contributed by atoms with Crippen LogP contribution >= 0.6 is 0 Å². The summed E-state index contributed by atoms with van der Waals surface area (Å²) in [5.74, 6) is -0.0851. The lowest BCUT2D eigenvalue weighted by atomic mass is 9.93. The molecule has 1 N–H and O–H groups in total. The Bertz CT molecular complexity index is 481. The third-order valence-corrected chi connectivity index (χ3v) is 3.04. The second-order valence-electron chi connectivity index (χ2n) is 4.57. The molecule has 94 valence electrons. The van der Waals surface area contributed by atoms with Crippen LogP contribution in [0.5, 0.6) is 0 Å². The highest BCUT2D eigenvalue weighted by Crippen LogP contribution is 2.15. The van der Waals surface area contributed by atoms with E-state index in [1.807, 2.05) is 36.4 Å². The van der Waals surface area contributed by atoms with E-state index < -0.39 is 0 Å². The van der Waals surface area contributed by atoms with Crippen LogP contribution < -0.4 is 0 Å². The summed E-state index contributed by atoms with van der Waals surface area (Å²) in [5.41, 5.74) is 2.14. The first kappa shape index (κ1) is 12.8. The van der Waals surface area contributed by atoms with Gasteiger partial charge in [-0.15, -0.1) is 0 Å². The number of rotatable bonds is 5. The molecule has 0 bridgehead atoms. The van der Waals surface area contributed by atoms with Gasteiger partial charge in [-0.3, -0.25) is 0 Å². The average Bonchev–Trinajstić information content (AvgIpc) is 2.39. The molecular formula is C16H17FO. The van der Waals surface area contributed by atoms with Gasteiger partial charge in [-0.05, 0) is 42.0 Å². The van der Waals surface area contributed by atoms with Gasteiger partial charge in [0.05, 0.1) is 0 Å². The number of hydrogen-bond acceptors (Lipinski definition) is 1. The van der Waals surface area contributed by atoms with Crippen LogP contribution in [0.25, 0.3) is 0 Å². The molecule has 0 amide bonds. The van der Waals surface area contributed by atoms with E-state index in [2.05, 4.69) is 0 Å². The zero-order chi connectivity index (χ0) is 12.8. The molecule has 0 heterocycles. The number of aliphatic hydroxyl groups excluding tert-OH is 1. The van der Waals surface area contributed by atoms with E-state index in [-0.39, 0.29) is 18.3 Å². The van der Waals surface area contributed by atoms with Crippen LogP contribution in [0.2, 0.25) is 0 Å². The second-order valence-corrected chi connectivity index (χ2v) is 4.57. The normalized spacial score (nSPS) is 12.3. The standard InChI is InChI=1S/C16H17FO/c17-16-8-4-7-14(11-16)10-15(12-18)9-13-5-2-1-3-6-13/h1-8,11,15,18H,9-10,12H2. The highest BCUT2D eigenvalue weighted by atomic mass is 19.1. The lowest BCUT2D eigenvalue weighted by Crippen LogP contribution is -2.13. The van der Waals surface area contributed by atoms with Crippen LogP contribution in [0.15, 0.2) is 54.6 Å². The zero-order valence-corrected chi connectivity index (χ0v) is 10.2. The van der Waals surface area contributed by atoms with Gasteiger partial charge in [0.1, 0.15) is 5.82 Å². The average molecular weight is 244 g/mol. The number of halogens is 1. The summed E-state index contributed by atoms with van der Waals surface area (Å²) in [4.78, 5) is 0. The molecule has 0 aliphatic heterocycles. The molecule has 2 heteroatoms. The largest absolute Gasteiger partial charge is 0.396 e. The molecule has 0 saturated heterocycles.